The Morgan fingerprint density at radius 2 is 1.89 bits per heavy atom. The number of aromatic nitrogens is 2. The van der Waals surface area contributed by atoms with Gasteiger partial charge in [0, 0.05) is 30.0 Å². The molecule has 28 heavy (non-hydrogen) atoms. The molecular weight excluding hydrogens is 384 g/mol. The Labute approximate surface area is 164 Å². The lowest BCUT2D eigenvalue weighted by molar-refractivity contribution is -0.120. The lowest BCUT2D eigenvalue weighted by Gasteiger charge is -2.07. The van der Waals surface area contributed by atoms with Crippen LogP contribution >= 0.6 is 11.8 Å². The predicted molar refractivity (Wildman–Crippen MR) is 103 cm³/mol. The first kappa shape index (κ1) is 19.8. The first-order chi connectivity index (χ1) is 13.5. The van der Waals surface area contributed by atoms with Crippen molar-refractivity contribution >= 4 is 17.7 Å². The molecule has 2 N–H and O–H groups in total. The minimum absolute atomic E-state index is 0.0796. The van der Waals surface area contributed by atoms with Crippen LogP contribution in [0.15, 0.2) is 64.5 Å². The van der Waals surface area contributed by atoms with Crippen molar-refractivity contribution in [3.05, 3.63) is 93.4 Å². The van der Waals surface area contributed by atoms with Crippen molar-refractivity contribution < 1.29 is 13.6 Å². The summed E-state index contributed by atoms with van der Waals surface area (Å²) >= 11 is 1.36. The fourth-order valence-electron chi connectivity index (χ4n) is 2.45. The minimum atomic E-state index is -0.728. The van der Waals surface area contributed by atoms with Gasteiger partial charge in [-0.05, 0) is 11.6 Å². The van der Waals surface area contributed by atoms with Gasteiger partial charge in [0.25, 0.3) is 5.56 Å². The zero-order chi connectivity index (χ0) is 19.9. The maximum atomic E-state index is 13.6. The molecule has 0 fully saturated rings. The van der Waals surface area contributed by atoms with Crippen LogP contribution in [0.1, 0.15) is 16.8 Å². The van der Waals surface area contributed by atoms with Crippen molar-refractivity contribution in [3.8, 4) is 0 Å². The quantitative estimate of drug-likeness (QED) is 0.471. The van der Waals surface area contributed by atoms with E-state index in [0.29, 0.717) is 16.6 Å². The second kappa shape index (κ2) is 9.27. The van der Waals surface area contributed by atoms with Gasteiger partial charge in [0.2, 0.25) is 5.91 Å². The Hall–Kier alpha value is -3.00. The molecule has 0 saturated heterocycles. The van der Waals surface area contributed by atoms with E-state index in [4.69, 9.17) is 0 Å². The molecule has 0 atom stereocenters. The molecule has 8 heteroatoms. The Morgan fingerprint density at radius 3 is 2.64 bits per heavy atom. The van der Waals surface area contributed by atoms with Crippen LogP contribution in [0.5, 0.6) is 0 Å². The molecule has 5 nitrogen and oxygen atoms in total. The van der Waals surface area contributed by atoms with Gasteiger partial charge < -0.3 is 10.3 Å². The number of H-pyrrole nitrogens is 1. The second-order valence-corrected chi connectivity index (χ2v) is 6.97. The normalized spacial score (nSPS) is 10.6. The Bertz CT molecular complexity index is 1030. The minimum Gasteiger partial charge on any atom is -0.352 e. The zero-order valence-electron chi connectivity index (χ0n) is 14.7. The number of carbonyl (C=O) groups is 1. The van der Waals surface area contributed by atoms with Crippen LogP contribution in [0.25, 0.3) is 0 Å². The number of amides is 1. The molecule has 3 aromatic rings. The van der Waals surface area contributed by atoms with E-state index in [9.17, 15) is 18.4 Å². The maximum absolute atomic E-state index is 13.6. The number of benzene rings is 2. The fourth-order valence-corrected chi connectivity index (χ4v) is 3.30. The molecular formula is C20H17F2N3O2S. The average molecular weight is 401 g/mol. The summed E-state index contributed by atoms with van der Waals surface area (Å²) in [6, 6.07) is 14.1. The SMILES string of the molecule is O=C(Cc1cc(=O)[nH]c(SCc2ccccc2)n1)NCc1ccc(F)cc1F. The van der Waals surface area contributed by atoms with Crippen LogP contribution < -0.4 is 10.9 Å². The number of thioether (sulfide) groups is 1. The highest BCUT2D eigenvalue weighted by Gasteiger charge is 2.10. The van der Waals surface area contributed by atoms with Crippen LogP contribution in [0.2, 0.25) is 0 Å². The molecule has 0 radical (unpaired) electrons. The van der Waals surface area contributed by atoms with E-state index in [1.54, 1.807) is 0 Å². The highest BCUT2D eigenvalue weighted by molar-refractivity contribution is 7.98. The van der Waals surface area contributed by atoms with Crippen LogP contribution in [0.3, 0.4) is 0 Å². The standard InChI is InChI=1S/C20H17F2N3O2S/c21-15-7-6-14(17(22)8-15)11-23-18(26)9-16-10-19(27)25-20(24-16)28-12-13-4-2-1-3-5-13/h1-8,10H,9,11-12H2,(H,23,26)(H,24,25,27). The number of hydrogen-bond donors (Lipinski definition) is 2. The summed E-state index contributed by atoms with van der Waals surface area (Å²) < 4.78 is 26.5. The topological polar surface area (TPSA) is 74.8 Å². The number of aromatic amines is 1. The molecule has 0 bridgehead atoms. The van der Waals surface area contributed by atoms with Crippen molar-refractivity contribution in [1.82, 2.24) is 15.3 Å². The van der Waals surface area contributed by atoms with Gasteiger partial charge in [0.05, 0.1) is 12.1 Å². The summed E-state index contributed by atoms with van der Waals surface area (Å²) in [5.41, 5.74) is 1.22. The van der Waals surface area contributed by atoms with Gasteiger partial charge >= 0.3 is 0 Å². The van der Waals surface area contributed by atoms with Crippen molar-refractivity contribution in [1.29, 1.82) is 0 Å². The predicted octanol–water partition coefficient (Wildman–Crippen LogP) is 3.20. The van der Waals surface area contributed by atoms with E-state index in [1.807, 2.05) is 30.3 Å². The number of carbonyl (C=O) groups excluding carboxylic acids is 1. The third-order valence-corrected chi connectivity index (χ3v) is 4.77. The third-order valence-electron chi connectivity index (χ3n) is 3.82. The highest BCUT2D eigenvalue weighted by Crippen LogP contribution is 2.18. The third kappa shape index (κ3) is 5.75. The highest BCUT2D eigenvalue weighted by atomic mass is 32.2. The van der Waals surface area contributed by atoms with Crippen LogP contribution in [-0.4, -0.2) is 15.9 Å². The molecule has 0 spiro atoms. The van der Waals surface area contributed by atoms with Gasteiger partial charge in [0.1, 0.15) is 11.6 Å². The molecule has 1 heterocycles. The van der Waals surface area contributed by atoms with Crippen molar-refractivity contribution in [2.75, 3.05) is 0 Å². The molecule has 0 aliphatic carbocycles. The summed E-state index contributed by atoms with van der Waals surface area (Å²) in [6.07, 6.45) is -0.119. The number of rotatable bonds is 7. The Kier molecular flexibility index (Phi) is 6.54. The largest absolute Gasteiger partial charge is 0.352 e. The van der Waals surface area contributed by atoms with E-state index >= 15 is 0 Å². The summed E-state index contributed by atoms with van der Waals surface area (Å²) in [7, 11) is 0. The number of nitrogens with zero attached hydrogens (tertiary/aromatic N) is 1. The first-order valence-corrected chi connectivity index (χ1v) is 9.46. The molecule has 0 aliphatic rings. The van der Waals surface area contributed by atoms with E-state index in [-0.39, 0.29) is 24.1 Å². The van der Waals surface area contributed by atoms with Gasteiger partial charge in [-0.3, -0.25) is 9.59 Å². The monoisotopic (exact) mass is 401 g/mol. The Balaban J connectivity index is 1.59. The summed E-state index contributed by atoms with van der Waals surface area (Å²) in [4.78, 5) is 30.9. The van der Waals surface area contributed by atoms with Crippen molar-refractivity contribution in [3.63, 3.8) is 0 Å². The molecule has 144 valence electrons. The van der Waals surface area contributed by atoms with Gasteiger partial charge in [-0.25, -0.2) is 13.8 Å². The van der Waals surface area contributed by atoms with Crippen LogP contribution in [0.4, 0.5) is 8.78 Å². The van der Waals surface area contributed by atoms with E-state index in [1.165, 1.54) is 23.9 Å². The van der Waals surface area contributed by atoms with Gasteiger partial charge in [-0.2, -0.15) is 0 Å². The van der Waals surface area contributed by atoms with Gasteiger partial charge in [-0.15, -0.1) is 0 Å². The van der Waals surface area contributed by atoms with Crippen molar-refractivity contribution in [2.45, 2.75) is 23.9 Å². The van der Waals surface area contributed by atoms with Gasteiger partial charge in [0.15, 0.2) is 5.16 Å². The summed E-state index contributed by atoms with van der Waals surface area (Å²) in [6.45, 7) is -0.0796. The molecule has 0 saturated carbocycles. The van der Waals surface area contributed by atoms with E-state index < -0.39 is 17.5 Å². The molecule has 3 rings (SSSR count). The fraction of sp³-hybridized carbons (Fsp3) is 0.150. The molecule has 1 aromatic heterocycles. The van der Waals surface area contributed by atoms with Crippen LogP contribution in [0, 0.1) is 11.6 Å². The Morgan fingerprint density at radius 1 is 1.11 bits per heavy atom. The smallest absolute Gasteiger partial charge is 0.251 e. The second-order valence-electron chi connectivity index (χ2n) is 6.01. The molecule has 0 unspecified atom stereocenters. The number of nitrogens with one attached hydrogen (secondary N) is 2. The van der Waals surface area contributed by atoms with Crippen molar-refractivity contribution in [2.24, 2.45) is 0 Å². The lowest BCUT2D eigenvalue weighted by atomic mass is 10.2. The maximum Gasteiger partial charge on any atom is 0.251 e. The lowest BCUT2D eigenvalue weighted by Crippen LogP contribution is -2.26. The molecule has 0 aliphatic heterocycles. The van der Waals surface area contributed by atoms with E-state index in [0.717, 1.165) is 17.7 Å². The number of halogens is 2. The van der Waals surface area contributed by atoms with E-state index in [2.05, 4.69) is 15.3 Å². The summed E-state index contributed by atoms with van der Waals surface area (Å²) in [5.74, 6) is -1.20. The average Bonchev–Trinajstić information content (AvgIpc) is 2.66. The number of hydrogen-bond acceptors (Lipinski definition) is 4. The zero-order valence-corrected chi connectivity index (χ0v) is 15.6. The van der Waals surface area contributed by atoms with Crippen LogP contribution in [-0.2, 0) is 23.5 Å². The first-order valence-electron chi connectivity index (χ1n) is 8.47. The summed E-state index contributed by atoms with van der Waals surface area (Å²) in [5, 5.41) is 2.96. The molecule has 1 amide bonds. The molecule has 2 aromatic carbocycles. The van der Waals surface area contributed by atoms with Gasteiger partial charge in [-0.1, -0.05) is 48.2 Å².